The first-order valence-electron chi connectivity index (χ1n) is 8.27. The maximum Gasteiger partial charge on any atom is 0.262 e. The Morgan fingerprint density at radius 2 is 2.08 bits per heavy atom. The normalized spacial score (nSPS) is 13.4. The smallest absolute Gasteiger partial charge is 0.262 e. The van der Waals surface area contributed by atoms with E-state index in [0.29, 0.717) is 17.3 Å². The van der Waals surface area contributed by atoms with Gasteiger partial charge in [0.15, 0.2) is 5.82 Å². The molecule has 1 aliphatic rings. The van der Waals surface area contributed by atoms with Crippen LogP contribution in [-0.2, 0) is 19.4 Å². The van der Waals surface area contributed by atoms with Crippen molar-refractivity contribution < 1.29 is 8.91 Å². The highest BCUT2D eigenvalue weighted by Gasteiger charge is 2.21. The van der Waals surface area contributed by atoms with Crippen LogP contribution in [0.2, 0.25) is 0 Å². The van der Waals surface area contributed by atoms with Gasteiger partial charge in [-0.2, -0.15) is 4.98 Å². The molecule has 3 heterocycles. The maximum atomic E-state index is 13.0. The molecule has 0 saturated heterocycles. The van der Waals surface area contributed by atoms with Gasteiger partial charge in [-0.3, -0.25) is 9.36 Å². The zero-order valence-corrected chi connectivity index (χ0v) is 14.4. The first kappa shape index (κ1) is 15.4. The van der Waals surface area contributed by atoms with E-state index in [1.165, 1.54) is 27.9 Å². The molecule has 4 aromatic rings. The highest BCUT2D eigenvalue weighted by molar-refractivity contribution is 7.18. The van der Waals surface area contributed by atoms with Crippen molar-refractivity contribution in [1.29, 1.82) is 0 Å². The quantitative estimate of drug-likeness (QED) is 0.555. The molecular weight excluding hydrogens is 355 g/mol. The third kappa shape index (κ3) is 2.45. The van der Waals surface area contributed by atoms with Crippen molar-refractivity contribution in [2.45, 2.75) is 25.8 Å². The van der Waals surface area contributed by atoms with Crippen LogP contribution >= 0.6 is 11.3 Å². The topological polar surface area (TPSA) is 73.8 Å². The standard InChI is InChI=1S/C18H13FN4O2S/c19-11-6-4-10(5-7-11)16-21-14(22-25-16)8-23-9-20-17-15(18(23)24)12-2-1-3-13(12)26-17/h4-7,9H,1-3,8H2. The predicted octanol–water partition coefficient (Wildman–Crippen LogP) is 3.18. The second-order valence-corrected chi connectivity index (χ2v) is 7.32. The van der Waals surface area contributed by atoms with Crippen LogP contribution in [-0.4, -0.2) is 19.7 Å². The minimum Gasteiger partial charge on any atom is -0.334 e. The monoisotopic (exact) mass is 368 g/mol. The summed E-state index contributed by atoms with van der Waals surface area (Å²) in [7, 11) is 0. The van der Waals surface area contributed by atoms with E-state index in [9.17, 15) is 9.18 Å². The third-order valence-corrected chi connectivity index (χ3v) is 5.76. The molecule has 8 heteroatoms. The average molecular weight is 368 g/mol. The van der Waals surface area contributed by atoms with Gasteiger partial charge in [-0.05, 0) is 49.1 Å². The van der Waals surface area contributed by atoms with Crippen LogP contribution in [0.1, 0.15) is 22.7 Å². The van der Waals surface area contributed by atoms with Crippen molar-refractivity contribution in [3.63, 3.8) is 0 Å². The Kier molecular flexibility index (Phi) is 3.46. The first-order valence-corrected chi connectivity index (χ1v) is 9.09. The van der Waals surface area contributed by atoms with Crippen molar-refractivity contribution in [2.24, 2.45) is 0 Å². The number of hydrogen-bond acceptors (Lipinski definition) is 6. The molecule has 0 unspecified atom stereocenters. The summed E-state index contributed by atoms with van der Waals surface area (Å²) in [6.45, 7) is 0.178. The molecular formula is C18H13FN4O2S. The number of fused-ring (bicyclic) bond motifs is 3. The zero-order valence-electron chi connectivity index (χ0n) is 13.6. The summed E-state index contributed by atoms with van der Waals surface area (Å²) >= 11 is 1.61. The summed E-state index contributed by atoms with van der Waals surface area (Å²) in [4.78, 5) is 23.7. The number of rotatable bonds is 3. The molecule has 1 aromatic carbocycles. The van der Waals surface area contributed by atoms with Crippen LogP contribution in [0.4, 0.5) is 4.39 Å². The second-order valence-electron chi connectivity index (χ2n) is 6.24. The van der Waals surface area contributed by atoms with Gasteiger partial charge in [-0.25, -0.2) is 9.37 Å². The molecule has 5 rings (SSSR count). The molecule has 0 amide bonds. The number of aryl methyl sites for hydroxylation is 2. The van der Waals surface area contributed by atoms with E-state index in [2.05, 4.69) is 15.1 Å². The molecule has 0 radical (unpaired) electrons. The van der Waals surface area contributed by atoms with E-state index in [0.717, 1.165) is 35.0 Å². The summed E-state index contributed by atoms with van der Waals surface area (Å²) in [6, 6.07) is 5.81. The molecule has 26 heavy (non-hydrogen) atoms. The highest BCUT2D eigenvalue weighted by atomic mass is 32.1. The highest BCUT2D eigenvalue weighted by Crippen LogP contribution is 2.34. The Morgan fingerprint density at radius 1 is 1.23 bits per heavy atom. The summed E-state index contributed by atoms with van der Waals surface area (Å²) < 4.78 is 19.8. The lowest BCUT2D eigenvalue weighted by Crippen LogP contribution is -2.21. The fourth-order valence-corrected chi connectivity index (χ4v) is 4.53. The van der Waals surface area contributed by atoms with Gasteiger partial charge < -0.3 is 4.52 Å². The SMILES string of the molecule is O=c1c2c3c(sc2ncn1Cc1noc(-c2ccc(F)cc2)n1)CCC3. The predicted molar refractivity (Wildman–Crippen MR) is 94.7 cm³/mol. The molecule has 6 nitrogen and oxygen atoms in total. The van der Waals surface area contributed by atoms with Gasteiger partial charge in [0.25, 0.3) is 11.4 Å². The lowest BCUT2D eigenvalue weighted by molar-refractivity contribution is 0.420. The van der Waals surface area contributed by atoms with Gasteiger partial charge in [-0.1, -0.05) is 5.16 Å². The number of hydrogen-bond donors (Lipinski definition) is 0. The Labute approximate surface area is 150 Å². The number of nitrogens with zero attached hydrogens (tertiary/aromatic N) is 4. The Bertz CT molecular complexity index is 1180. The molecule has 130 valence electrons. The van der Waals surface area contributed by atoms with Gasteiger partial charge in [0.1, 0.15) is 10.6 Å². The Balaban J connectivity index is 1.49. The van der Waals surface area contributed by atoms with Crippen molar-refractivity contribution in [3.8, 4) is 11.5 Å². The lowest BCUT2D eigenvalue weighted by Gasteiger charge is -2.02. The van der Waals surface area contributed by atoms with Crippen LogP contribution in [0, 0.1) is 5.82 Å². The van der Waals surface area contributed by atoms with Gasteiger partial charge in [0.05, 0.1) is 18.3 Å². The Hall–Kier alpha value is -2.87. The summed E-state index contributed by atoms with van der Waals surface area (Å²) in [6.07, 6.45) is 4.59. The minimum absolute atomic E-state index is 0.0671. The minimum atomic E-state index is -0.331. The van der Waals surface area contributed by atoms with Crippen molar-refractivity contribution >= 4 is 21.6 Å². The van der Waals surface area contributed by atoms with E-state index in [4.69, 9.17) is 4.52 Å². The molecule has 0 aliphatic heterocycles. The average Bonchev–Trinajstić information content (AvgIpc) is 3.34. The van der Waals surface area contributed by atoms with Crippen LogP contribution in [0.25, 0.3) is 21.7 Å². The van der Waals surface area contributed by atoms with Crippen molar-refractivity contribution in [3.05, 3.63) is 63.0 Å². The van der Waals surface area contributed by atoms with Crippen molar-refractivity contribution in [2.75, 3.05) is 0 Å². The molecule has 0 fully saturated rings. The number of halogens is 1. The lowest BCUT2D eigenvalue weighted by atomic mass is 10.2. The van der Waals surface area contributed by atoms with E-state index in [1.807, 2.05) is 0 Å². The van der Waals surface area contributed by atoms with E-state index in [1.54, 1.807) is 23.5 Å². The van der Waals surface area contributed by atoms with E-state index in [-0.39, 0.29) is 17.9 Å². The summed E-state index contributed by atoms with van der Waals surface area (Å²) in [5, 5.41) is 4.66. The van der Waals surface area contributed by atoms with Gasteiger partial charge >= 0.3 is 0 Å². The zero-order chi connectivity index (χ0) is 17.7. The van der Waals surface area contributed by atoms with Gasteiger partial charge in [0, 0.05) is 10.4 Å². The van der Waals surface area contributed by atoms with Crippen LogP contribution in [0.3, 0.4) is 0 Å². The molecule has 0 atom stereocenters. The van der Waals surface area contributed by atoms with Crippen LogP contribution < -0.4 is 5.56 Å². The third-order valence-electron chi connectivity index (χ3n) is 4.56. The molecule has 1 aliphatic carbocycles. The second kappa shape index (κ2) is 5.84. The van der Waals surface area contributed by atoms with E-state index < -0.39 is 0 Å². The largest absolute Gasteiger partial charge is 0.334 e. The molecule has 3 aromatic heterocycles. The molecule has 0 bridgehead atoms. The summed E-state index contributed by atoms with van der Waals surface area (Å²) in [5.41, 5.74) is 1.71. The number of thiophene rings is 1. The van der Waals surface area contributed by atoms with E-state index >= 15 is 0 Å². The fraction of sp³-hybridized carbons (Fsp3) is 0.222. The summed E-state index contributed by atoms with van der Waals surface area (Å²) in [5.74, 6) is 0.334. The Morgan fingerprint density at radius 3 is 2.92 bits per heavy atom. The number of benzene rings is 1. The first-order chi connectivity index (χ1) is 12.7. The molecule has 0 spiro atoms. The van der Waals surface area contributed by atoms with Crippen LogP contribution in [0.15, 0.2) is 39.9 Å². The van der Waals surface area contributed by atoms with Crippen molar-refractivity contribution in [1.82, 2.24) is 19.7 Å². The van der Waals surface area contributed by atoms with Crippen LogP contribution in [0.5, 0.6) is 0 Å². The fourth-order valence-electron chi connectivity index (χ4n) is 3.31. The van der Waals surface area contributed by atoms with Gasteiger partial charge in [0.2, 0.25) is 0 Å². The molecule has 0 saturated carbocycles. The number of aromatic nitrogens is 4. The van der Waals surface area contributed by atoms with Gasteiger partial charge in [-0.15, -0.1) is 11.3 Å². The molecule has 0 N–H and O–H groups in total. The maximum absolute atomic E-state index is 13.0.